The van der Waals surface area contributed by atoms with Crippen LogP contribution in [0, 0.1) is 0 Å². The summed E-state index contributed by atoms with van der Waals surface area (Å²) in [6.45, 7) is 9.44. The lowest BCUT2D eigenvalue weighted by atomic mass is 9.82. The number of fused-ring (bicyclic) bond motifs is 14. The number of hydrogen-bond donors (Lipinski definition) is 0. The molecule has 290 valence electrons. The van der Waals surface area contributed by atoms with Crippen molar-refractivity contribution in [3.8, 4) is 33.4 Å². The van der Waals surface area contributed by atoms with Crippen molar-refractivity contribution < 1.29 is 8.83 Å². The predicted molar refractivity (Wildman–Crippen MR) is 254 cm³/mol. The zero-order valence-corrected chi connectivity index (χ0v) is 34.5. The largest absolute Gasteiger partial charge is 0.456 e. The summed E-state index contributed by atoms with van der Waals surface area (Å²) in [4.78, 5) is 2.46. The fourth-order valence-electron chi connectivity index (χ4n) is 11.1. The Hall–Kier alpha value is -7.36. The number of furan rings is 2. The second kappa shape index (κ2) is 12.1. The standard InChI is InChI=1S/C58H41NO2/c1-57(2)46-21-10-7-17-40(46)42-26-24-36(32-48(42)57)59(37-25-27-43-41-18-8-11-22-47(41)58(3,4)49(43)33-37)50-31-35(39-20-13-15-34-14-5-6-16-38(34)39)30-45-55-53(61-56(45)50)29-28-52-54(55)44-19-9-12-23-51(44)60-52/h5-33H,1-4H3. The van der Waals surface area contributed by atoms with Crippen LogP contribution in [-0.4, -0.2) is 0 Å². The Balaban J connectivity index is 1.15. The molecular formula is C58H41NO2. The summed E-state index contributed by atoms with van der Waals surface area (Å²) >= 11 is 0. The van der Waals surface area contributed by atoms with E-state index in [1.165, 1.54) is 60.8 Å². The third-order valence-electron chi connectivity index (χ3n) is 14.0. The van der Waals surface area contributed by atoms with Crippen LogP contribution in [0.15, 0.2) is 185 Å². The molecule has 0 bridgehead atoms. The van der Waals surface area contributed by atoms with Crippen molar-refractivity contribution in [1.82, 2.24) is 0 Å². The molecule has 0 N–H and O–H groups in total. The molecule has 11 aromatic rings. The molecular weight excluding hydrogens is 743 g/mol. The molecule has 2 aromatic heterocycles. The van der Waals surface area contributed by atoms with Crippen LogP contribution in [0.3, 0.4) is 0 Å². The van der Waals surface area contributed by atoms with E-state index < -0.39 is 0 Å². The highest BCUT2D eigenvalue weighted by Gasteiger charge is 2.38. The van der Waals surface area contributed by atoms with Crippen LogP contribution < -0.4 is 4.90 Å². The van der Waals surface area contributed by atoms with Crippen molar-refractivity contribution in [1.29, 1.82) is 0 Å². The molecule has 0 saturated heterocycles. The average Bonchev–Trinajstić information content (AvgIpc) is 3.99. The Morgan fingerprint density at radius 3 is 1.59 bits per heavy atom. The zero-order valence-electron chi connectivity index (χ0n) is 34.5. The molecule has 2 aliphatic rings. The average molecular weight is 784 g/mol. The maximum Gasteiger partial charge on any atom is 0.159 e. The smallest absolute Gasteiger partial charge is 0.159 e. The number of para-hydroxylation sites is 1. The van der Waals surface area contributed by atoms with Gasteiger partial charge in [-0.2, -0.15) is 0 Å². The molecule has 0 saturated carbocycles. The van der Waals surface area contributed by atoms with Crippen LogP contribution in [0.2, 0.25) is 0 Å². The first-order chi connectivity index (χ1) is 29.8. The van der Waals surface area contributed by atoms with Gasteiger partial charge in [0.15, 0.2) is 5.58 Å². The van der Waals surface area contributed by atoms with Crippen molar-refractivity contribution in [2.45, 2.75) is 38.5 Å². The molecule has 0 unspecified atom stereocenters. The quantitative estimate of drug-likeness (QED) is 0.178. The van der Waals surface area contributed by atoms with E-state index >= 15 is 0 Å². The van der Waals surface area contributed by atoms with Crippen LogP contribution in [0.4, 0.5) is 17.1 Å². The highest BCUT2D eigenvalue weighted by Crippen LogP contribution is 2.55. The van der Waals surface area contributed by atoms with Crippen molar-refractivity contribution in [2.24, 2.45) is 0 Å². The number of hydrogen-bond acceptors (Lipinski definition) is 3. The van der Waals surface area contributed by atoms with Gasteiger partial charge in [0.1, 0.15) is 16.7 Å². The monoisotopic (exact) mass is 783 g/mol. The fourth-order valence-corrected chi connectivity index (χ4v) is 11.1. The zero-order chi connectivity index (χ0) is 40.8. The van der Waals surface area contributed by atoms with Crippen LogP contribution in [0.25, 0.3) is 88.0 Å². The number of nitrogens with zero attached hydrogens (tertiary/aromatic N) is 1. The molecule has 61 heavy (non-hydrogen) atoms. The predicted octanol–water partition coefficient (Wildman–Crippen LogP) is 16.4. The molecule has 3 nitrogen and oxygen atoms in total. The molecule has 2 aliphatic carbocycles. The van der Waals surface area contributed by atoms with Crippen LogP contribution in [-0.2, 0) is 10.8 Å². The number of rotatable bonds is 4. The van der Waals surface area contributed by atoms with Gasteiger partial charge in [-0.25, -0.2) is 0 Å². The van der Waals surface area contributed by atoms with Crippen molar-refractivity contribution in [2.75, 3.05) is 4.90 Å². The first-order valence-corrected chi connectivity index (χ1v) is 21.3. The summed E-state index contributed by atoms with van der Waals surface area (Å²) in [5.41, 5.74) is 19.1. The molecule has 0 amide bonds. The Labute approximate surface area is 354 Å². The minimum atomic E-state index is -0.178. The highest BCUT2D eigenvalue weighted by molar-refractivity contribution is 6.27. The minimum absolute atomic E-state index is 0.178. The molecule has 0 spiro atoms. The molecule has 0 atom stereocenters. The van der Waals surface area contributed by atoms with Crippen LogP contribution in [0.1, 0.15) is 49.9 Å². The topological polar surface area (TPSA) is 29.5 Å². The summed E-state index contributed by atoms with van der Waals surface area (Å²) in [6.07, 6.45) is 0. The van der Waals surface area contributed by atoms with E-state index in [1.807, 2.05) is 6.07 Å². The van der Waals surface area contributed by atoms with Gasteiger partial charge in [-0.1, -0.05) is 149 Å². The SMILES string of the molecule is CC1(C)c2ccccc2-c2ccc(N(c3ccc4c(c3)C(C)(C)c3ccccc3-4)c3cc(-c4cccc5ccccc45)cc4c3oc3ccc5oc6ccccc6c5c34)cc21. The van der Waals surface area contributed by atoms with E-state index in [-0.39, 0.29) is 10.8 Å². The third kappa shape index (κ3) is 4.69. The van der Waals surface area contributed by atoms with E-state index in [0.717, 1.165) is 66.5 Å². The fraction of sp³-hybridized carbons (Fsp3) is 0.103. The van der Waals surface area contributed by atoms with Gasteiger partial charge in [0.05, 0.1) is 5.69 Å². The Bertz CT molecular complexity index is 3560. The van der Waals surface area contributed by atoms with E-state index in [1.54, 1.807) is 0 Å². The first-order valence-electron chi connectivity index (χ1n) is 21.3. The second-order valence-electron chi connectivity index (χ2n) is 18.0. The Morgan fingerprint density at radius 2 is 0.902 bits per heavy atom. The molecule has 0 aliphatic heterocycles. The van der Waals surface area contributed by atoms with Gasteiger partial charge in [-0.3, -0.25) is 0 Å². The third-order valence-corrected chi connectivity index (χ3v) is 14.0. The highest BCUT2D eigenvalue weighted by atomic mass is 16.3. The maximum atomic E-state index is 7.20. The lowest BCUT2D eigenvalue weighted by Gasteiger charge is -2.30. The molecule has 3 heteroatoms. The van der Waals surface area contributed by atoms with E-state index in [0.29, 0.717) is 0 Å². The Kier molecular flexibility index (Phi) is 6.85. The normalized spacial score (nSPS) is 14.5. The van der Waals surface area contributed by atoms with Gasteiger partial charge >= 0.3 is 0 Å². The minimum Gasteiger partial charge on any atom is -0.456 e. The number of anilines is 3. The lowest BCUT2D eigenvalue weighted by Crippen LogP contribution is -2.18. The summed E-state index contributed by atoms with van der Waals surface area (Å²) in [6, 6.07) is 64.5. The maximum absolute atomic E-state index is 7.20. The molecule has 0 radical (unpaired) electrons. The molecule has 9 aromatic carbocycles. The van der Waals surface area contributed by atoms with Gasteiger partial charge in [-0.15, -0.1) is 0 Å². The summed E-state index contributed by atoms with van der Waals surface area (Å²) in [7, 11) is 0. The van der Waals surface area contributed by atoms with Gasteiger partial charge in [0, 0.05) is 43.7 Å². The van der Waals surface area contributed by atoms with E-state index in [9.17, 15) is 0 Å². The van der Waals surface area contributed by atoms with Crippen LogP contribution in [0.5, 0.6) is 0 Å². The van der Waals surface area contributed by atoms with Gasteiger partial charge in [-0.05, 0) is 121 Å². The molecule has 2 heterocycles. The Morgan fingerprint density at radius 1 is 0.377 bits per heavy atom. The van der Waals surface area contributed by atoms with E-state index in [4.69, 9.17) is 8.83 Å². The van der Waals surface area contributed by atoms with Gasteiger partial charge in [0.2, 0.25) is 0 Å². The summed E-state index contributed by atoms with van der Waals surface area (Å²) in [5.74, 6) is 0. The second-order valence-corrected chi connectivity index (χ2v) is 18.0. The molecule has 13 rings (SSSR count). The molecule has 0 fully saturated rings. The van der Waals surface area contributed by atoms with Gasteiger partial charge < -0.3 is 13.7 Å². The van der Waals surface area contributed by atoms with Crippen LogP contribution >= 0.6 is 0 Å². The first kappa shape index (κ1) is 34.5. The summed E-state index contributed by atoms with van der Waals surface area (Å²) < 4.78 is 13.7. The lowest BCUT2D eigenvalue weighted by molar-refractivity contribution is 0.659. The number of benzene rings is 9. The van der Waals surface area contributed by atoms with Crippen molar-refractivity contribution in [3.05, 3.63) is 198 Å². The van der Waals surface area contributed by atoms with E-state index in [2.05, 4.69) is 202 Å². The van der Waals surface area contributed by atoms with Crippen molar-refractivity contribution in [3.63, 3.8) is 0 Å². The van der Waals surface area contributed by atoms with Gasteiger partial charge in [0.25, 0.3) is 0 Å². The summed E-state index contributed by atoms with van der Waals surface area (Å²) in [5, 5.41) is 6.70. The van der Waals surface area contributed by atoms with Crippen molar-refractivity contribution >= 4 is 71.7 Å².